The molecule has 0 saturated heterocycles. The summed E-state index contributed by atoms with van der Waals surface area (Å²) in [6.45, 7) is 2.09. The predicted octanol–water partition coefficient (Wildman–Crippen LogP) is 3.09. The zero-order valence-electron chi connectivity index (χ0n) is 8.48. The Kier molecular flexibility index (Phi) is 3.81. The topological polar surface area (TPSA) is 26.0 Å². The van der Waals surface area contributed by atoms with E-state index in [0.29, 0.717) is 18.8 Å². The third-order valence-corrected chi connectivity index (χ3v) is 3.35. The van der Waals surface area contributed by atoms with Gasteiger partial charge in [0.15, 0.2) is 0 Å². The fourth-order valence-electron chi connectivity index (χ4n) is 2.22. The Balaban J connectivity index is 2.42. The minimum absolute atomic E-state index is 0.349. The third-order valence-electron chi connectivity index (χ3n) is 3.35. The maximum absolute atomic E-state index is 12.3. The van der Waals surface area contributed by atoms with E-state index in [1.54, 1.807) is 0 Å². The van der Waals surface area contributed by atoms with Crippen molar-refractivity contribution >= 4 is 0 Å². The molecular weight excluding hydrogens is 191 g/mol. The number of halogens is 3. The third kappa shape index (κ3) is 2.87. The lowest BCUT2D eigenvalue weighted by atomic mass is 9.77. The van der Waals surface area contributed by atoms with Gasteiger partial charge in [0, 0.05) is 0 Å². The van der Waals surface area contributed by atoms with Crippen LogP contribution in [0.2, 0.25) is 0 Å². The van der Waals surface area contributed by atoms with E-state index >= 15 is 0 Å². The smallest absolute Gasteiger partial charge is 0.320 e. The number of rotatable bonds is 2. The Morgan fingerprint density at radius 1 is 1.21 bits per heavy atom. The highest BCUT2D eigenvalue weighted by molar-refractivity contribution is 4.83. The molecule has 0 aromatic rings. The molecular formula is C10H18F3N. The van der Waals surface area contributed by atoms with Crippen LogP contribution in [0.1, 0.15) is 39.0 Å². The number of hydrogen-bond donors (Lipinski definition) is 1. The molecule has 1 rings (SSSR count). The van der Waals surface area contributed by atoms with E-state index in [2.05, 4.69) is 6.92 Å². The van der Waals surface area contributed by atoms with Crippen molar-refractivity contribution in [1.82, 2.24) is 0 Å². The van der Waals surface area contributed by atoms with Crippen LogP contribution in [0.4, 0.5) is 13.2 Å². The minimum Gasteiger partial charge on any atom is -0.320 e. The highest BCUT2D eigenvalue weighted by Crippen LogP contribution is 2.36. The van der Waals surface area contributed by atoms with Gasteiger partial charge in [0.05, 0.1) is 0 Å². The van der Waals surface area contributed by atoms with Crippen molar-refractivity contribution in [2.45, 2.75) is 51.2 Å². The molecule has 0 aliphatic heterocycles. The summed E-state index contributed by atoms with van der Waals surface area (Å²) in [5, 5.41) is 0. The molecule has 2 N–H and O–H groups in total. The fourth-order valence-corrected chi connectivity index (χ4v) is 2.22. The normalized spacial score (nSPS) is 31.5. The van der Waals surface area contributed by atoms with Crippen molar-refractivity contribution in [1.29, 1.82) is 0 Å². The first kappa shape index (κ1) is 11.8. The average Bonchev–Trinajstić information content (AvgIpc) is 2.15. The maximum atomic E-state index is 12.3. The van der Waals surface area contributed by atoms with Crippen LogP contribution in [0.25, 0.3) is 0 Å². The second-order valence-electron chi connectivity index (χ2n) is 4.26. The quantitative estimate of drug-likeness (QED) is 0.743. The Morgan fingerprint density at radius 3 is 2.07 bits per heavy atom. The van der Waals surface area contributed by atoms with Gasteiger partial charge in [0.25, 0.3) is 0 Å². The molecule has 0 aromatic heterocycles. The van der Waals surface area contributed by atoms with Gasteiger partial charge in [-0.2, -0.15) is 13.2 Å². The summed E-state index contributed by atoms with van der Waals surface area (Å²) in [5.74, 6) is 0.268. The molecule has 0 heterocycles. The molecule has 1 aliphatic rings. The molecule has 4 heteroatoms. The zero-order valence-corrected chi connectivity index (χ0v) is 8.48. The van der Waals surface area contributed by atoms with Gasteiger partial charge in [-0.15, -0.1) is 0 Å². The highest BCUT2D eigenvalue weighted by Gasteiger charge is 2.42. The Morgan fingerprint density at radius 2 is 1.71 bits per heavy atom. The molecule has 0 bridgehead atoms. The molecule has 0 amide bonds. The van der Waals surface area contributed by atoms with Crippen LogP contribution < -0.4 is 5.73 Å². The largest absolute Gasteiger partial charge is 0.403 e. The molecule has 0 radical (unpaired) electrons. The van der Waals surface area contributed by atoms with Gasteiger partial charge in [-0.05, 0) is 24.7 Å². The van der Waals surface area contributed by atoms with Crippen LogP contribution in [-0.2, 0) is 0 Å². The van der Waals surface area contributed by atoms with E-state index in [1.165, 1.54) is 0 Å². The van der Waals surface area contributed by atoms with E-state index in [0.717, 1.165) is 19.3 Å². The second-order valence-corrected chi connectivity index (χ2v) is 4.26. The Bertz CT molecular complexity index is 171. The van der Waals surface area contributed by atoms with Gasteiger partial charge in [-0.3, -0.25) is 0 Å². The van der Waals surface area contributed by atoms with Gasteiger partial charge in [-0.1, -0.05) is 26.2 Å². The molecule has 1 aliphatic carbocycles. The first-order valence-electron chi connectivity index (χ1n) is 5.27. The zero-order chi connectivity index (χ0) is 10.8. The molecule has 1 atom stereocenters. The summed E-state index contributed by atoms with van der Waals surface area (Å²) in [5.41, 5.74) is 5.19. The minimum atomic E-state index is -4.22. The standard InChI is InChI=1S/C10H18F3N/c1-2-7-3-5-8(6-4-7)9(14)10(11,12)13/h7-9H,2-6,14H2,1H3. The second kappa shape index (κ2) is 4.51. The number of alkyl halides is 3. The molecule has 1 saturated carbocycles. The van der Waals surface area contributed by atoms with Gasteiger partial charge < -0.3 is 5.73 Å². The lowest BCUT2D eigenvalue weighted by Crippen LogP contribution is -2.44. The van der Waals surface area contributed by atoms with E-state index in [-0.39, 0.29) is 5.92 Å². The van der Waals surface area contributed by atoms with E-state index < -0.39 is 12.2 Å². The average molecular weight is 209 g/mol. The van der Waals surface area contributed by atoms with Crippen molar-refractivity contribution in [2.24, 2.45) is 17.6 Å². The van der Waals surface area contributed by atoms with Crippen LogP contribution in [0, 0.1) is 11.8 Å². The predicted molar refractivity (Wildman–Crippen MR) is 49.8 cm³/mol. The fraction of sp³-hybridized carbons (Fsp3) is 1.00. The van der Waals surface area contributed by atoms with E-state index in [9.17, 15) is 13.2 Å². The van der Waals surface area contributed by atoms with Crippen molar-refractivity contribution < 1.29 is 13.2 Å². The lowest BCUT2D eigenvalue weighted by Gasteiger charge is -2.32. The summed E-state index contributed by atoms with van der Waals surface area (Å²) in [7, 11) is 0. The van der Waals surface area contributed by atoms with Crippen LogP contribution in [-0.4, -0.2) is 12.2 Å². The lowest BCUT2D eigenvalue weighted by molar-refractivity contribution is -0.161. The Hall–Kier alpha value is -0.250. The molecule has 1 unspecified atom stereocenters. The van der Waals surface area contributed by atoms with Gasteiger partial charge in [0.1, 0.15) is 6.04 Å². The first-order valence-corrected chi connectivity index (χ1v) is 5.27. The molecule has 14 heavy (non-hydrogen) atoms. The van der Waals surface area contributed by atoms with Crippen molar-refractivity contribution in [3.05, 3.63) is 0 Å². The van der Waals surface area contributed by atoms with Gasteiger partial charge >= 0.3 is 6.18 Å². The molecule has 1 fully saturated rings. The monoisotopic (exact) mass is 209 g/mol. The van der Waals surface area contributed by atoms with Gasteiger partial charge in [0.2, 0.25) is 0 Å². The molecule has 84 valence electrons. The summed E-state index contributed by atoms with van der Waals surface area (Å²) in [4.78, 5) is 0. The summed E-state index contributed by atoms with van der Waals surface area (Å²) in [6, 6.07) is -1.61. The first-order chi connectivity index (χ1) is 6.45. The maximum Gasteiger partial charge on any atom is 0.403 e. The molecule has 0 spiro atoms. The van der Waals surface area contributed by atoms with Gasteiger partial charge in [-0.25, -0.2) is 0 Å². The summed E-state index contributed by atoms with van der Waals surface area (Å²) < 4.78 is 36.9. The van der Waals surface area contributed by atoms with Crippen LogP contribution in [0.3, 0.4) is 0 Å². The SMILES string of the molecule is CCC1CCC(C(N)C(F)(F)F)CC1. The number of hydrogen-bond acceptors (Lipinski definition) is 1. The van der Waals surface area contributed by atoms with E-state index in [4.69, 9.17) is 5.73 Å². The summed E-state index contributed by atoms with van der Waals surface area (Å²) >= 11 is 0. The number of nitrogens with two attached hydrogens (primary N) is 1. The van der Waals surface area contributed by atoms with Crippen LogP contribution in [0.15, 0.2) is 0 Å². The molecule has 1 nitrogen and oxygen atoms in total. The van der Waals surface area contributed by atoms with Crippen molar-refractivity contribution in [2.75, 3.05) is 0 Å². The van der Waals surface area contributed by atoms with E-state index in [1.807, 2.05) is 0 Å². The van der Waals surface area contributed by atoms with Crippen molar-refractivity contribution in [3.8, 4) is 0 Å². The van der Waals surface area contributed by atoms with Crippen LogP contribution >= 0.6 is 0 Å². The van der Waals surface area contributed by atoms with Crippen molar-refractivity contribution in [3.63, 3.8) is 0 Å². The molecule has 0 aromatic carbocycles. The van der Waals surface area contributed by atoms with Crippen LogP contribution in [0.5, 0.6) is 0 Å². The Labute approximate surface area is 82.9 Å². The highest BCUT2D eigenvalue weighted by atomic mass is 19.4. The summed E-state index contributed by atoms with van der Waals surface area (Å²) in [6.07, 6.45) is -0.0496.